The number of amides is 1. The summed E-state index contributed by atoms with van der Waals surface area (Å²) in [6.45, 7) is 1.85. The van der Waals surface area contributed by atoms with Crippen molar-refractivity contribution in [3.05, 3.63) is 23.7 Å². The third-order valence-electron chi connectivity index (χ3n) is 2.02. The summed E-state index contributed by atoms with van der Waals surface area (Å²) in [5.74, 6) is -0.313. The molecule has 1 atom stereocenters. The van der Waals surface area contributed by atoms with Crippen LogP contribution >= 0.6 is 0 Å². The number of hydrogen-bond acceptors (Lipinski definition) is 5. The van der Waals surface area contributed by atoms with E-state index in [9.17, 15) is 9.59 Å². The van der Waals surface area contributed by atoms with E-state index in [-0.39, 0.29) is 18.3 Å². The molecule has 1 unspecified atom stereocenters. The minimum Gasteiger partial charge on any atom is -0.463 e. The van der Waals surface area contributed by atoms with Gasteiger partial charge in [0.05, 0.1) is 19.7 Å². The fourth-order valence-corrected chi connectivity index (χ4v) is 1.15. The maximum atomic E-state index is 11.1. The van der Waals surface area contributed by atoms with Gasteiger partial charge >= 0.3 is 5.97 Å². The predicted octanol–water partition coefficient (Wildman–Crippen LogP) is 0.202. The van der Waals surface area contributed by atoms with Crippen molar-refractivity contribution in [2.45, 2.75) is 13.0 Å². The zero-order chi connectivity index (χ0) is 12.1. The van der Waals surface area contributed by atoms with Gasteiger partial charge in [-0.3, -0.25) is 10.1 Å². The molecule has 0 aliphatic heterocycles. The molecule has 0 bridgehead atoms. The summed E-state index contributed by atoms with van der Waals surface area (Å²) in [5.41, 5.74) is 4.99. The third kappa shape index (κ3) is 3.09. The number of esters is 1. The van der Waals surface area contributed by atoms with E-state index in [0.717, 1.165) is 0 Å². The third-order valence-corrected chi connectivity index (χ3v) is 2.02. The molecule has 0 aromatic carbocycles. The van der Waals surface area contributed by atoms with Crippen LogP contribution in [-0.4, -0.2) is 25.5 Å². The summed E-state index contributed by atoms with van der Waals surface area (Å²) in [6, 6.07) is 2.96. The summed E-state index contributed by atoms with van der Waals surface area (Å²) in [4.78, 5) is 21.7. The van der Waals surface area contributed by atoms with Crippen molar-refractivity contribution < 1.29 is 18.7 Å². The van der Waals surface area contributed by atoms with E-state index < -0.39 is 11.9 Å². The molecule has 1 amide bonds. The van der Waals surface area contributed by atoms with E-state index in [1.54, 1.807) is 13.0 Å². The Bertz CT molecular complexity index is 386. The molecule has 88 valence electrons. The second-order valence-electron chi connectivity index (χ2n) is 3.26. The Labute approximate surface area is 92.7 Å². The minimum absolute atomic E-state index is 0.0510. The SMILES string of the molecule is COC(=O)c1ccc(C(C)NCC(N)=O)o1. The van der Waals surface area contributed by atoms with Crippen molar-refractivity contribution in [1.82, 2.24) is 5.32 Å². The Hall–Kier alpha value is -1.82. The van der Waals surface area contributed by atoms with Crippen LogP contribution in [0.5, 0.6) is 0 Å². The summed E-state index contributed by atoms with van der Waals surface area (Å²) < 4.78 is 9.74. The first-order valence-corrected chi connectivity index (χ1v) is 4.74. The van der Waals surface area contributed by atoms with Crippen molar-refractivity contribution >= 4 is 11.9 Å². The van der Waals surface area contributed by atoms with Crippen LogP contribution in [-0.2, 0) is 9.53 Å². The second kappa shape index (κ2) is 5.32. The van der Waals surface area contributed by atoms with Gasteiger partial charge in [-0.15, -0.1) is 0 Å². The van der Waals surface area contributed by atoms with Crippen molar-refractivity contribution in [1.29, 1.82) is 0 Å². The van der Waals surface area contributed by atoms with Gasteiger partial charge in [-0.05, 0) is 19.1 Å². The molecule has 1 heterocycles. The van der Waals surface area contributed by atoms with Crippen molar-refractivity contribution in [2.75, 3.05) is 13.7 Å². The highest BCUT2D eigenvalue weighted by Gasteiger charge is 2.15. The molecule has 0 saturated carbocycles. The van der Waals surface area contributed by atoms with Crippen molar-refractivity contribution in [3.63, 3.8) is 0 Å². The standard InChI is InChI=1S/C10H14N2O4/c1-6(12-5-9(11)13)7-3-4-8(16-7)10(14)15-2/h3-4,6,12H,5H2,1-2H3,(H2,11,13). The quantitative estimate of drug-likeness (QED) is 0.699. The Morgan fingerprint density at radius 2 is 2.25 bits per heavy atom. The van der Waals surface area contributed by atoms with Gasteiger partial charge in [-0.2, -0.15) is 0 Å². The van der Waals surface area contributed by atoms with Gasteiger partial charge in [-0.1, -0.05) is 0 Å². The average Bonchev–Trinajstić information content (AvgIpc) is 2.74. The molecule has 0 fully saturated rings. The summed E-state index contributed by atoms with van der Waals surface area (Å²) >= 11 is 0. The van der Waals surface area contributed by atoms with Crippen LogP contribution in [0.25, 0.3) is 0 Å². The lowest BCUT2D eigenvalue weighted by atomic mass is 10.2. The molecule has 0 radical (unpaired) electrons. The lowest BCUT2D eigenvalue weighted by Gasteiger charge is -2.08. The molecule has 1 aromatic rings. The topological polar surface area (TPSA) is 94.6 Å². The van der Waals surface area contributed by atoms with E-state index in [1.807, 2.05) is 0 Å². The molecule has 16 heavy (non-hydrogen) atoms. The molecule has 0 spiro atoms. The summed E-state index contributed by atoms with van der Waals surface area (Å²) in [5, 5.41) is 2.85. The van der Waals surface area contributed by atoms with Gasteiger partial charge in [0.15, 0.2) is 0 Å². The normalized spacial score (nSPS) is 12.1. The van der Waals surface area contributed by atoms with Crippen LogP contribution in [0.15, 0.2) is 16.5 Å². The van der Waals surface area contributed by atoms with E-state index in [4.69, 9.17) is 10.2 Å². The highest BCUT2D eigenvalue weighted by molar-refractivity contribution is 5.86. The number of carbonyl (C=O) groups is 2. The van der Waals surface area contributed by atoms with Crippen LogP contribution in [0.4, 0.5) is 0 Å². The molecular formula is C10H14N2O4. The largest absolute Gasteiger partial charge is 0.463 e. The van der Waals surface area contributed by atoms with Crippen LogP contribution in [0.1, 0.15) is 29.3 Å². The minimum atomic E-state index is -0.534. The number of nitrogens with one attached hydrogen (secondary N) is 1. The van der Waals surface area contributed by atoms with E-state index in [2.05, 4.69) is 10.1 Å². The Balaban J connectivity index is 2.63. The number of carbonyl (C=O) groups excluding carboxylic acids is 2. The first-order valence-electron chi connectivity index (χ1n) is 4.74. The van der Waals surface area contributed by atoms with Gasteiger partial charge in [0.1, 0.15) is 5.76 Å². The first-order chi connectivity index (χ1) is 7.54. The highest BCUT2D eigenvalue weighted by Crippen LogP contribution is 2.16. The average molecular weight is 226 g/mol. The molecule has 0 aliphatic rings. The van der Waals surface area contributed by atoms with Gasteiger partial charge < -0.3 is 14.9 Å². The lowest BCUT2D eigenvalue weighted by Crippen LogP contribution is -2.30. The maximum Gasteiger partial charge on any atom is 0.373 e. The van der Waals surface area contributed by atoms with E-state index >= 15 is 0 Å². The van der Waals surface area contributed by atoms with Crippen LogP contribution in [0, 0.1) is 0 Å². The smallest absolute Gasteiger partial charge is 0.373 e. The Morgan fingerprint density at radius 3 is 2.81 bits per heavy atom. The number of hydrogen-bond donors (Lipinski definition) is 2. The predicted molar refractivity (Wildman–Crippen MR) is 55.7 cm³/mol. The number of primary amides is 1. The van der Waals surface area contributed by atoms with Crippen LogP contribution < -0.4 is 11.1 Å². The Kier molecular flexibility index (Phi) is 4.07. The van der Waals surface area contributed by atoms with Gasteiger partial charge in [-0.25, -0.2) is 4.79 Å². The molecular weight excluding hydrogens is 212 g/mol. The summed E-state index contributed by atoms with van der Waals surface area (Å²) in [7, 11) is 1.28. The fraction of sp³-hybridized carbons (Fsp3) is 0.400. The van der Waals surface area contributed by atoms with E-state index in [0.29, 0.717) is 5.76 Å². The van der Waals surface area contributed by atoms with Gasteiger partial charge in [0, 0.05) is 0 Å². The first kappa shape index (κ1) is 12.3. The molecule has 3 N–H and O–H groups in total. The van der Waals surface area contributed by atoms with Gasteiger partial charge in [0.2, 0.25) is 11.7 Å². The van der Waals surface area contributed by atoms with Crippen molar-refractivity contribution in [3.8, 4) is 0 Å². The molecule has 6 nitrogen and oxygen atoms in total. The monoisotopic (exact) mass is 226 g/mol. The number of furan rings is 1. The number of rotatable bonds is 5. The highest BCUT2D eigenvalue weighted by atomic mass is 16.5. The second-order valence-corrected chi connectivity index (χ2v) is 3.26. The number of ether oxygens (including phenoxy) is 1. The molecule has 1 rings (SSSR count). The number of methoxy groups -OCH3 is 1. The van der Waals surface area contributed by atoms with Crippen LogP contribution in [0.3, 0.4) is 0 Å². The van der Waals surface area contributed by atoms with Crippen LogP contribution in [0.2, 0.25) is 0 Å². The molecule has 6 heteroatoms. The summed E-state index contributed by atoms with van der Waals surface area (Å²) in [6.07, 6.45) is 0. The zero-order valence-corrected chi connectivity index (χ0v) is 9.15. The Morgan fingerprint density at radius 1 is 1.56 bits per heavy atom. The zero-order valence-electron chi connectivity index (χ0n) is 9.15. The van der Waals surface area contributed by atoms with E-state index in [1.165, 1.54) is 13.2 Å². The molecule has 0 saturated heterocycles. The number of nitrogens with two attached hydrogens (primary N) is 1. The lowest BCUT2D eigenvalue weighted by molar-refractivity contribution is -0.117. The maximum absolute atomic E-state index is 11.1. The van der Waals surface area contributed by atoms with Crippen molar-refractivity contribution in [2.24, 2.45) is 5.73 Å². The molecule has 0 aliphatic carbocycles. The fourth-order valence-electron chi connectivity index (χ4n) is 1.15. The van der Waals surface area contributed by atoms with Gasteiger partial charge in [0.25, 0.3) is 0 Å². The molecule has 1 aromatic heterocycles.